The Hall–Kier alpha value is -1.09. The van der Waals surface area contributed by atoms with E-state index in [-0.39, 0.29) is 11.9 Å². The highest BCUT2D eigenvalue weighted by Crippen LogP contribution is 2.30. The van der Waals surface area contributed by atoms with Crippen molar-refractivity contribution < 1.29 is 9.13 Å². The van der Waals surface area contributed by atoms with Gasteiger partial charge in [0.15, 0.2) is 11.6 Å². The number of hydrogen-bond donors (Lipinski definition) is 1. The first kappa shape index (κ1) is 16.3. The number of halogens is 1. The minimum atomic E-state index is -0.239. The Morgan fingerprint density at radius 3 is 2.86 bits per heavy atom. The SMILES string of the molecule is CC(C)CNCc1cccc(F)c1OC1CCCC(C)C1. The molecule has 2 unspecified atom stereocenters. The van der Waals surface area contributed by atoms with Gasteiger partial charge in [-0.15, -0.1) is 0 Å². The van der Waals surface area contributed by atoms with Crippen LogP contribution in [0.3, 0.4) is 0 Å². The van der Waals surface area contributed by atoms with Crippen LogP contribution in [0.5, 0.6) is 5.75 Å². The van der Waals surface area contributed by atoms with Gasteiger partial charge >= 0.3 is 0 Å². The maximum atomic E-state index is 14.1. The lowest BCUT2D eigenvalue weighted by Gasteiger charge is -2.28. The molecule has 0 bridgehead atoms. The van der Waals surface area contributed by atoms with Crippen molar-refractivity contribution in [1.29, 1.82) is 0 Å². The van der Waals surface area contributed by atoms with Gasteiger partial charge in [-0.2, -0.15) is 0 Å². The van der Waals surface area contributed by atoms with E-state index >= 15 is 0 Å². The summed E-state index contributed by atoms with van der Waals surface area (Å²) in [7, 11) is 0. The highest BCUT2D eigenvalue weighted by atomic mass is 19.1. The van der Waals surface area contributed by atoms with Gasteiger partial charge in [0.2, 0.25) is 0 Å². The number of para-hydroxylation sites is 1. The molecule has 0 spiro atoms. The molecule has 3 heteroatoms. The molecule has 0 aromatic heterocycles. The summed E-state index contributed by atoms with van der Waals surface area (Å²) in [6.07, 6.45) is 4.68. The van der Waals surface area contributed by atoms with Gasteiger partial charge in [0.25, 0.3) is 0 Å². The second-order valence-electron chi connectivity index (χ2n) is 6.76. The third-order valence-electron chi connectivity index (χ3n) is 4.09. The molecule has 2 nitrogen and oxygen atoms in total. The van der Waals surface area contributed by atoms with E-state index in [9.17, 15) is 4.39 Å². The van der Waals surface area contributed by atoms with Crippen LogP contribution in [-0.2, 0) is 6.54 Å². The zero-order valence-corrected chi connectivity index (χ0v) is 13.5. The molecule has 0 radical (unpaired) electrons. The van der Waals surface area contributed by atoms with Crippen LogP contribution in [0.25, 0.3) is 0 Å². The van der Waals surface area contributed by atoms with E-state index in [1.165, 1.54) is 18.9 Å². The van der Waals surface area contributed by atoms with Crippen molar-refractivity contribution in [2.75, 3.05) is 6.54 Å². The van der Waals surface area contributed by atoms with Gasteiger partial charge in [-0.1, -0.05) is 39.3 Å². The fourth-order valence-corrected chi connectivity index (χ4v) is 2.97. The second-order valence-corrected chi connectivity index (χ2v) is 6.76. The summed E-state index contributed by atoms with van der Waals surface area (Å²) in [5.41, 5.74) is 0.925. The number of ether oxygens (including phenoxy) is 1. The highest BCUT2D eigenvalue weighted by molar-refractivity contribution is 5.35. The molecule has 1 aliphatic carbocycles. The summed E-state index contributed by atoms with van der Waals surface area (Å²) >= 11 is 0. The molecule has 0 amide bonds. The molecule has 1 aromatic rings. The van der Waals surface area contributed by atoms with E-state index in [0.29, 0.717) is 24.1 Å². The van der Waals surface area contributed by atoms with Gasteiger partial charge in [0, 0.05) is 12.1 Å². The van der Waals surface area contributed by atoms with Crippen molar-refractivity contribution in [3.05, 3.63) is 29.6 Å². The van der Waals surface area contributed by atoms with Gasteiger partial charge in [-0.3, -0.25) is 0 Å². The van der Waals surface area contributed by atoms with E-state index in [2.05, 4.69) is 26.1 Å². The molecule has 1 saturated carbocycles. The first-order valence-corrected chi connectivity index (χ1v) is 8.21. The van der Waals surface area contributed by atoms with Crippen LogP contribution in [-0.4, -0.2) is 12.6 Å². The Morgan fingerprint density at radius 2 is 2.14 bits per heavy atom. The number of rotatable bonds is 6. The normalized spacial score (nSPS) is 22.5. The van der Waals surface area contributed by atoms with E-state index in [1.54, 1.807) is 6.07 Å². The third-order valence-corrected chi connectivity index (χ3v) is 4.09. The molecular formula is C18H28FNO. The van der Waals surface area contributed by atoms with Gasteiger partial charge in [0.1, 0.15) is 0 Å². The predicted molar refractivity (Wildman–Crippen MR) is 85.0 cm³/mol. The summed E-state index contributed by atoms with van der Waals surface area (Å²) in [5.74, 6) is 1.48. The summed E-state index contributed by atoms with van der Waals surface area (Å²) in [6.45, 7) is 8.17. The van der Waals surface area contributed by atoms with Crippen LogP contribution in [0.15, 0.2) is 18.2 Å². The standard InChI is InChI=1S/C18H28FNO/c1-13(2)11-20-12-15-7-5-9-17(19)18(15)21-16-8-4-6-14(3)10-16/h5,7,9,13-14,16,20H,4,6,8,10-12H2,1-3H3. The predicted octanol–water partition coefficient (Wildman–Crippen LogP) is 4.53. The topological polar surface area (TPSA) is 21.3 Å². The lowest BCUT2D eigenvalue weighted by atomic mass is 9.88. The van der Waals surface area contributed by atoms with Crippen LogP contribution < -0.4 is 10.1 Å². The monoisotopic (exact) mass is 293 g/mol. The minimum absolute atomic E-state index is 0.162. The molecule has 0 heterocycles. The highest BCUT2D eigenvalue weighted by Gasteiger charge is 2.22. The molecule has 2 atom stereocenters. The van der Waals surface area contributed by atoms with E-state index in [0.717, 1.165) is 24.9 Å². The Balaban J connectivity index is 2.02. The van der Waals surface area contributed by atoms with Gasteiger partial charge < -0.3 is 10.1 Å². The summed E-state index contributed by atoms with van der Waals surface area (Å²) in [5, 5.41) is 3.37. The number of benzene rings is 1. The maximum Gasteiger partial charge on any atom is 0.165 e. The van der Waals surface area contributed by atoms with Crippen LogP contribution >= 0.6 is 0 Å². The van der Waals surface area contributed by atoms with Crippen LogP contribution in [0.2, 0.25) is 0 Å². The lowest BCUT2D eigenvalue weighted by molar-refractivity contribution is 0.122. The van der Waals surface area contributed by atoms with Gasteiger partial charge in [-0.05, 0) is 43.7 Å². The molecule has 2 rings (SSSR count). The van der Waals surface area contributed by atoms with E-state index < -0.39 is 0 Å². The fraction of sp³-hybridized carbons (Fsp3) is 0.667. The molecular weight excluding hydrogens is 265 g/mol. The Bertz CT molecular complexity index is 447. The summed E-state index contributed by atoms with van der Waals surface area (Å²) in [4.78, 5) is 0. The van der Waals surface area contributed by atoms with Crippen molar-refractivity contribution in [2.45, 2.75) is 59.1 Å². The molecule has 1 N–H and O–H groups in total. The zero-order chi connectivity index (χ0) is 15.2. The van der Waals surface area contributed by atoms with Crippen LogP contribution in [0, 0.1) is 17.7 Å². The van der Waals surface area contributed by atoms with Crippen molar-refractivity contribution >= 4 is 0 Å². The molecule has 21 heavy (non-hydrogen) atoms. The quantitative estimate of drug-likeness (QED) is 0.832. The Morgan fingerprint density at radius 1 is 1.33 bits per heavy atom. The largest absolute Gasteiger partial charge is 0.487 e. The van der Waals surface area contributed by atoms with E-state index in [1.807, 2.05) is 6.07 Å². The fourth-order valence-electron chi connectivity index (χ4n) is 2.97. The molecule has 0 saturated heterocycles. The smallest absolute Gasteiger partial charge is 0.165 e. The summed E-state index contributed by atoms with van der Waals surface area (Å²) in [6, 6.07) is 5.21. The summed E-state index contributed by atoms with van der Waals surface area (Å²) < 4.78 is 20.2. The molecule has 1 aliphatic rings. The lowest BCUT2D eigenvalue weighted by Crippen LogP contribution is -2.26. The van der Waals surface area contributed by atoms with Crippen LogP contribution in [0.4, 0.5) is 4.39 Å². The first-order chi connectivity index (χ1) is 10.1. The second kappa shape index (κ2) is 7.79. The Labute approximate surface area is 128 Å². The van der Waals surface area contributed by atoms with E-state index in [4.69, 9.17) is 4.74 Å². The van der Waals surface area contributed by atoms with Crippen molar-refractivity contribution in [3.8, 4) is 5.75 Å². The molecule has 1 fully saturated rings. The first-order valence-electron chi connectivity index (χ1n) is 8.21. The minimum Gasteiger partial charge on any atom is -0.487 e. The number of nitrogens with one attached hydrogen (secondary N) is 1. The maximum absolute atomic E-state index is 14.1. The van der Waals surface area contributed by atoms with Crippen molar-refractivity contribution in [3.63, 3.8) is 0 Å². The zero-order valence-electron chi connectivity index (χ0n) is 13.5. The molecule has 0 aliphatic heterocycles. The number of hydrogen-bond acceptors (Lipinski definition) is 2. The molecule has 1 aromatic carbocycles. The average molecular weight is 293 g/mol. The Kier molecular flexibility index (Phi) is 6.04. The third kappa shape index (κ3) is 4.99. The van der Waals surface area contributed by atoms with Crippen molar-refractivity contribution in [1.82, 2.24) is 5.32 Å². The van der Waals surface area contributed by atoms with Gasteiger partial charge in [0.05, 0.1) is 6.10 Å². The van der Waals surface area contributed by atoms with Crippen molar-refractivity contribution in [2.24, 2.45) is 11.8 Å². The average Bonchev–Trinajstić information content (AvgIpc) is 2.42. The van der Waals surface area contributed by atoms with Crippen LogP contribution in [0.1, 0.15) is 52.0 Å². The van der Waals surface area contributed by atoms with Gasteiger partial charge in [-0.25, -0.2) is 4.39 Å². The molecule has 118 valence electrons.